The Morgan fingerprint density at radius 2 is 1.77 bits per heavy atom. The van der Waals surface area contributed by atoms with E-state index in [-0.39, 0.29) is 15.7 Å². The Balaban J connectivity index is 1.39. The van der Waals surface area contributed by atoms with Gasteiger partial charge < -0.3 is 10.1 Å². The molecule has 1 aromatic heterocycles. The summed E-state index contributed by atoms with van der Waals surface area (Å²) in [5.74, 6) is -0.133. The van der Waals surface area contributed by atoms with Crippen molar-refractivity contribution in [3.63, 3.8) is 0 Å². The number of amides is 1. The quantitative estimate of drug-likeness (QED) is 0.658. The molecule has 0 unspecified atom stereocenters. The number of rotatable bonds is 7. The SMILES string of the molecule is O=C(NCC1(N2CCOCC2)CCCCC1)c1ccc(NS(=O)(=O)c2cccs2)cc1. The van der Waals surface area contributed by atoms with E-state index in [0.717, 1.165) is 50.5 Å². The molecule has 0 atom stereocenters. The monoisotopic (exact) mass is 463 g/mol. The molecule has 2 heterocycles. The highest BCUT2D eigenvalue weighted by atomic mass is 32.2. The van der Waals surface area contributed by atoms with Gasteiger partial charge in [0.05, 0.1) is 13.2 Å². The molecule has 1 aliphatic carbocycles. The van der Waals surface area contributed by atoms with Crippen LogP contribution in [0.25, 0.3) is 0 Å². The number of benzene rings is 1. The Morgan fingerprint density at radius 1 is 1.06 bits per heavy atom. The van der Waals surface area contributed by atoms with Crippen LogP contribution in [0.1, 0.15) is 42.5 Å². The van der Waals surface area contributed by atoms with Crippen LogP contribution in [0.2, 0.25) is 0 Å². The summed E-state index contributed by atoms with van der Waals surface area (Å²) in [5, 5.41) is 4.86. The molecule has 9 heteroatoms. The van der Waals surface area contributed by atoms with Crippen molar-refractivity contribution >= 4 is 33.0 Å². The lowest BCUT2D eigenvalue weighted by molar-refractivity contribution is -0.0361. The number of hydrogen-bond donors (Lipinski definition) is 2. The van der Waals surface area contributed by atoms with Crippen LogP contribution in [0.3, 0.4) is 0 Å². The first-order valence-electron chi connectivity index (χ1n) is 10.8. The lowest BCUT2D eigenvalue weighted by Crippen LogP contribution is -2.59. The summed E-state index contributed by atoms with van der Waals surface area (Å²) in [6.45, 7) is 3.94. The number of morpholine rings is 1. The molecule has 0 bridgehead atoms. The van der Waals surface area contributed by atoms with Crippen molar-refractivity contribution in [2.24, 2.45) is 0 Å². The Kier molecular flexibility index (Phi) is 6.95. The van der Waals surface area contributed by atoms with E-state index in [1.165, 1.54) is 19.3 Å². The fourth-order valence-electron chi connectivity index (χ4n) is 4.51. The van der Waals surface area contributed by atoms with Gasteiger partial charge >= 0.3 is 0 Å². The van der Waals surface area contributed by atoms with Crippen LogP contribution in [0.15, 0.2) is 46.0 Å². The summed E-state index contributed by atoms with van der Waals surface area (Å²) in [7, 11) is -3.60. The Morgan fingerprint density at radius 3 is 2.42 bits per heavy atom. The highest BCUT2D eigenvalue weighted by Crippen LogP contribution is 2.34. The van der Waals surface area contributed by atoms with Gasteiger partial charge in [-0.2, -0.15) is 0 Å². The molecule has 168 valence electrons. The summed E-state index contributed by atoms with van der Waals surface area (Å²) in [6.07, 6.45) is 5.81. The van der Waals surface area contributed by atoms with Gasteiger partial charge in [-0.05, 0) is 48.6 Å². The van der Waals surface area contributed by atoms with Gasteiger partial charge in [0, 0.05) is 36.4 Å². The van der Waals surface area contributed by atoms with Crippen LogP contribution < -0.4 is 10.0 Å². The summed E-state index contributed by atoms with van der Waals surface area (Å²) in [4.78, 5) is 15.3. The van der Waals surface area contributed by atoms with Gasteiger partial charge in [-0.3, -0.25) is 14.4 Å². The van der Waals surface area contributed by atoms with E-state index < -0.39 is 10.0 Å². The first kappa shape index (κ1) is 22.3. The van der Waals surface area contributed by atoms with Crippen LogP contribution in [-0.2, 0) is 14.8 Å². The third kappa shape index (κ3) is 5.28. The molecule has 2 aliphatic rings. The van der Waals surface area contributed by atoms with E-state index >= 15 is 0 Å². The van der Waals surface area contributed by atoms with Crippen molar-refractivity contribution in [1.29, 1.82) is 0 Å². The van der Waals surface area contributed by atoms with Crippen molar-refractivity contribution in [1.82, 2.24) is 10.2 Å². The zero-order chi connectivity index (χ0) is 21.7. The van der Waals surface area contributed by atoms with E-state index in [4.69, 9.17) is 4.74 Å². The molecule has 1 amide bonds. The fourth-order valence-corrected chi connectivity index (χ4v) is 6.56. The lowest BCUT2D eigenvalue weighted by Gasteiger charge is -2.48. The van der Waals surface area contributed by atoms with Crippen LogP contribution in [-0.4, -0.2) is 57.6 Å². The van der Waals surface area contributed by atoms with Gasteiger partial charge in [-0.25, -0.2) is 8.42 Å². The second-order valence-electron chi connectivity index (χ2n) is 8.18. The largest absolute Gasteiger partial charge is 0.379 e. The normalized spacial score (nSPS) is 19.6. The van der Waals surface area contributed by atoms with Crippen LogP contribution in [0.5, 0.6) is 0 Å². The summed E-state index contributed by atoms with van der Waals surface area (Å²) in [6, 6.07) is 9.82. The van der Waals surface area contributed by atoms with E-state index in [1.54, 1.807) is 41.8 Å². The van der Waals surface area contributed by atoms with E-state index in [9.17, 15) is 13.2 Å². The minimum Gasteiger partial charge on any atom is -0.379 e. The maximum Gasteiger partial charge on any atom is 0.271 e. The van der Waals surface area contributed by atoms with Gasteiger partial charge in [0.2, 0.25) is 0 Å². The topological polar surface area (TPSA) is 87.7 Å². The maximum atomic E-state index is 12.8. The minimum atomic E-state index is -3.60. The summed E-state index contributed by atoms with van der Waals surface area (Å²) < 4.78 is 33.0. The summed E-state index contributed by atoms with van der Waals surface area (Å²) >= 11 is 1.16. The van der Waals surface area contributed by atoms with Gasteiger partial charge in [-0.1, -0.05) is 25.3 Å². The van der Waals surface area contributed by atoms with E-state index in [0.29, 0.717) is 17.8 Å². The molecule has 1 aromatic carbocycles. The molecule has 4 rings (SSSR count). The van der Waals surface area contributed by atoms with Gasteiger partial charge in [0.15, 0.2) is 0 Å². The molecular formula is C22H29N3O4S2. The molecule has 1 saturated carbocycles. The molecule has 31 heavy (non-hydrogen) atoms. The number of carbonyl (C=O) groups is 1. The number of thiophene rings is 1. The third-order valence-corrected chi connectivity index (χ3v) is 8.98. The van der Waals surface area contributed by atoms with Gasteiger partial charge in [0.1, 0.15) is 4.21 Å². The van der Waals surface area contributed by atoms with E-state index in [1.807, 2.05) is 0 Å². The fraction of sp³-hybridized carbons (Fsp3) is 0.500. The van der Waals surface area contributed by atoms with Crippen LogP contribution >= 0.6 is 11.3 Å². The van der Waals surface area contributed by atoms with Crippen LogP contribution in [0.4, 0.5) is 5.69 Å². The minimum absolute atomic E-state index is 0.00791. The second-order valence-corrected chi connectivity index (χ2v) is 11.0. The number of anilines is 1. The molecule has 2 fully saturated rings. The highest BCUT2D eigenvalue weighted by molar-refractivity contribution is 7.94. The molecule has 1 aliphatic heterocycles. The number of nitrogens with one attached hydrogen (secondary N) is 2. The average Bonchev–Trinajstić information content (AvgIpc) is 3.35. The number of sulfonamides is 1. The Hall–Kier alpha value is -1.94. The van der Waals surface area contributed by atoms with E-state index in [2.05, 4.69) is 14.9 Å². The van der Waals surface area contributed by atoms with Crippen molar-refractivity contribution in [3.8, 4) is 0 Å². The molecule has 1 saturated heterocycles. The van der Waals surface area contributed by atoms with Gasteiger partial charge in [-0.15, -0.1) is 11.3 Å². The number of ether oxygens (including phenoxy) is 1. The molecule has 2 aromatic rings. The molecule has 0 radical (unpaired) electrons. The molecular weight excluding hydrogens is 434 g/mol. The zero-order valence-electron chi connectivity index (χ0n) is 17.5. The summed E-state index contributed by atoms with van der Waals surface area (Å²) in [5.41, 5.74) is 0.961. The van der Waals surface area contributed by atoms with Crippen molar-refractivity contribution in [2.45, 2.75) is 41.9 Å². The van der Waals surface area contributed by atoms with Crippen LogP contribution in [0, 0.1) is 0 Å². The maximum absolute atomic E-state index is 12.8. The second kappa shape index (κ2) is 9.68. The number of hydrogen-bond acceptors (Lipinski definition) is 6. The molecule has 7 nitrogen and oxygen atoms in total. The lowest BCUT2D eigenvalue weighted by atomic mass is 9.79. The highest BCUT2D eigenvalue weighted by Gasteiger charge is 2.38. The predicted molar refractivity (Wildman–Crippen MR) is 122 cm³/mol. The first-order valence-corrected chi connectivity index (χ1v) is 13.1. The average molecular weight is 464 g/mol. The van der Waals surface area contributed by atoms with Gasteiger partial charge in [0.25, 0.3) is 15.9 Å². The zero-order valence-corrected chi connectivity index (χ0v) is 19.1. The standard InChI is InChI=1S/C22H29N3O4S2/c26-21(23-17-22(10-2-1-3-11-22)25-12-14-29-15-13-25)18-6-8-19(9-7-18)24-31(27,28)20-5-4-16-30-20/h4-9,16,24H,1-3,10-15,17H2,(H,23,26). The molecule has 0 spiro atoms. The predicted octanol–water partition coefficient (Wildman–Crippen LogP) is 3.31. The molecule has 2 N–H and O–H groups in total. The number of nitrogens with zero attached hydrogens (tertiary/aromatic N) is 1. The van der Waals surface area contributed by atoms with Crippen molar-refractivity contribution in [3.05, 3.63) is 47.3 Å². The van der Waals surface area contributed by atoms with Crippen molar-refractivity contribution in [2.75, 3.05) is 37.6 Å². The number of carbonyl (C=O) groups excluding carboxylic acids is 1. The Labute approximate surface area is 187 Å². The Bertz CT molecular complexity index is 963. The van der Waals surface area contributed by atoms with Crippen molar-refractivity contribution < 1.29 is 17.9 Å². The smallest absolute Gasteiger partial charge is 0.271 e. The first-order chi connectivity index (χ1) is 15.0. The third-order valence-electron chi connectivity index (χ3n) is 6.20.